The summed E-state index contributed by atoms with van der Waals surface area (Å²) in [6, 6.07) is 13.3. The summed E-state index contributed by atoms with van der Waals surface area (Å²) in [6.45, 7) is 4.49. The van der Waals surface area contributed by atoms with Crippen molar-refractivity contribution in [3.63, 3.8) is 0 Å². The SMILES string of the molecule is CCOP(=O)(OCc1ccccc1)OC(C)OC(=O)N(CC1CN(c2ccc(N3Cc4cn(C)nc4C3)c(F)c2)C(=O)O1)C(C)=O. The number of imide groups is 1. The number of ether oxygens (including phenoxy) is 2. The molecular weight excluding hydrogens is 624 g/mol. The topological polar surface area (TPSA) is 142 Å². The number of fused-ring (bicyclic) bond motifs is 1. The van der Waals surface area contributed by atoms with E-state index in [1.165, 1.54) is 17.9 Å². The summed E-state index contributed by atoms with van der Waals surface area (Å²) in [5.41, 5.74) is 3.24. The van der Waals surface area contributed by atoms with Gasteiger partial charge < -0.3 is 14.4 Å². The number of phosphoric acid groups is 1. The molecule has 1 saturated heterocycles. The summed E-state index contributed by atoms with van der Waals surface area (Å²) < 4.78 is 56.6. The first-order valence-electron chi connectivity index (χ1n) is 14.6. The van der Waals surface area contributed by atoms with Crippen LogP contribution in [0.25, 0.3) is 0 Å². The molecule has 5 rings (SSSR count). The number of hydrogen-bond acceptors (Lipinski definition) is 11. The number of carbonyl (C=O) groups is 3. The molecule has 0 N–H and O–H groups in total. The van der Waals surface area contributed by atoms with E-state index in [9.17, 15) is 18.9 Å². The molecule has 246 valence electrons. The van der Waals surface area contributed by atoms with Crippen molar-refractivity contribution < 1.29 is 46.4 Å². The van der Waals surface area contributed by atoms with Crippen molar-refractivity contribution in [3.05, 3.63) is 77.4 Å². The van der Waals surface area contributed by atoms with Gasteiger partial charge in [0.2, 0.25) is 12.2 Å². The van der Waals surface area contributed by atoms with Crippen molar-refractivity contribution >= 4 is 37.3 Å². The summed E-state index contributed by atoms with van der Waals surface area (Å²) in [5.74, 6) is -1.22. The molecule has 0 spiro atoms. The zero-order chi connectivity index (χ0) is 33.0. The van der Waals surface area contributed by atoms with Gasteiger partial charge in [0.25, 0.3) is 0 Å². The van der Waals surface area contributed by atoms with Crippen molar-refractivity contribution in [2.24, 2.45) is 7.05 Å². The van der Waals surface area contributed by atoms with Gasteiger partial charge in [-0.3, -0.25) is 23.4 Å². The van der Waals surface area contributed by atoms with E-state index in [-0.39, 0.29) is 32.0 Å². The monoisotopic (exact) mass is 659 g/mol. The summed E-state index contributed by atoms with van der Waals surface area (Å²) in [6.07, 6.45) is -2.37. The molecule has 1 fully saturated rings. The smallest absolute Gasteiger partial charge is 0.442 e. The summed E-state index contributed by atoms with van der Waals surface area (Å²) in [4.78, 5) is 41.9. The Morgan fingerprint density at radius 1 is 1.17 bits per heavy atom. The number of hydrogen-bond donors (Lipinski definition) is 0. The van der Waals surface area contributed by atoms with E-state index < -0.39 is 44.1 Å². The number of anilines is 2. The molecule has 0 aliphatic carbocycles. The maximum Gasteiger partial charge on any atom is 0.478 e. The van der Waals surface area contributed by atoms with E-state index in [4.69, 9.17) is 23.0 Å². The van der Waals surface area contributed by atoms with Crippen molar-refractivity contribution in [2.75, 3.05) is 29.5 Å². The van der Waals surface area contributed by atoms with Gasteiger partial charge in [-0.05, 0) is 37.6 Å². The van der Waals surface area contributed by atoms with Gasteiger partial charge in [0.1, 0.15) is 11.9 Å². The molecule has 3 aromatic rings. The number of rotatable bonds is 12. The lowest BCUT2D eigenvalue weighted by atomic mass is 10.2. The normalized spacial score (nSPS) is 17.8. The second-order valence-corrected chi connectivity index (χ2v) is 12.3. The molecule has 3 amide bonds. The van der Waals surface area contributed by atoms with E-state index in [0.717, 1.165) is 23.1 Å². The number of amides is 3. The van der Waals surface area contributed by atoms with E-state index >= 15 is 4.39 Å². The quantitative estimate of drug-likeness (QED) is 0.189. The van der Waals surface area contributed by atoms with Crippen molar-refractivity contribution in [1.29, 1.82) is 0 Å². The first kappa shape index (κ1) is 33.1. The standard InChI is InChI=1S/C30H35FN5O9P/c1-5-41-46(40,42-19-22-9-7-6-8-10-22)45-21(3)43-29(38)35(20(2)37)16-25-17-36(30(39)44-25)24-11-12-28(26(31)13-24)34-15-23-14-33(4)32-27(23)18-34/h6-14,21,25H,5,15-19H2,1-4H3. The average Bonchev–Trinajstić information content (AvgIpc) is 3.67. The molecule has 16 heteroatoms. The van der Waals surface area contributed by atoms with Crippen molar-refractivity contribution in [3.8, 4) is 0 Å². The largest absolute Gasteiger partial charge is 0.478 e. The minimum Gasteiger partial charge on any atom is -0.442 e. The second kappa shape index (κ2) is 14.0. The van der Waals surface area contributed by atoms with Gasteiger partial charge >= 0.3 is 20.0 Å². The van der Waals surface area contributed by atoms with E-state index in [2.05, 4.69) is 5.10 Å². The maximum atomic E-state index is 15.2. The molecule has 3 heterocycles. The molecule has 0 bridgehead atoms. The number of benzene rings is 2. The molecule has 3 unspecified atom stereocenters. The van der Waals surface area contributed by atoms with Crippen LogP contribution in [0.15, 0.2) is 54.7 Å². The predicted octanol–water partition coefficient (Wildman–Crippen LogP) is 5.11. The summed E-state index contributed by atoms with van der Waals surface area (Å²) in [5, 5.41) is 4.39. The van der Waals surface area contributed by atoms with Crippen molar-refractivity contribution in [1.82, 2.24) is 14.7 Å². The lowest BCUT2D eigenvalue weighted by molar-refractivity contribution is -0.130. The third kappa shape index (κ3) is 7.73. The van der Waals surface area contributed by atoms with Crippen LogP contribution in [-0.2, 0) is 59.1 Å². The predicted molar refractivity (Wildman–Crippen MR) is 162 cm³/mol. The van der Waals surface area contributed by atoms with Crippen LogP contribution in [0.1, 0.15) is 37.6 Å². The lowest BCUT2D eigenvalue weighted by Crippen LogP contribution is -2.43. The van der Waals surface area contributed by atoms with Crippen LogP contribution >= 0.6 is 7.82 Å². The number of aryl methyl sites for hydroxylation is 1. The molecule has 14 nitrogen and oxygen atoms in total. The van der Waals surface area contributed by atoms with Crippen molar-refractivity contribution in [2.45, 2.75) is 52.9 Å². The number of halogens is 1. The molecule has 1 aromatic heterocycles. The maximum absolute atomic E-state index is 15.2. The van der Waals surface area contributed by atoms with E-state index in [1.54, 1.807) is 48.0 Å². The molecule has 2 aromatic carbocycles. The Labute approximate surface area is 265 Å². The van der Waals surface area contributed by atoms with E-state index in [0.29, 0.717) is 24.3 Å². The molecule has 2 aliphatic rings. The summed E-state index contributed by atoms with van der Waals surface area (Å²) >= 11 is 0. The molecule has 2 aliphatic heterocycles. The molecular formula is C30H35FN5O9P. The highest BCUT2D eigenvalue weighted by atomic mass is 31.2. The third-order valence-corrected chi connectivity index (χ3v) is 8.78. The Morgan fingerprint density at radius 2 is 1.93 bits per heavy atom. The minimum atomic E-state index is -4.15. The molecule has 0 saturated carbocycles. The highest BCUT2D eigenvalue weighted by molar-refractivity contribution is 7.48. The number of carbonyl (C=O) groups excluding carboxylic acids is 3. The molecule has 3 atom stereocenters. The van der Waals surface area contributed by atoms with Crippen LogP contribution in [0.3, 0.4) is 0 Å². The first-order chi connectivity index (χ1) is 21.9. The van der Waals surface area contributed by atoms with Crippen LogP contribution in [0.4, 0.5) is 25.4 Å². The van der Waals surface area contributed by atoms with Gasteiger partial charge in [-0.15, -0.1) is 0 Å². The fraction of sp³-hybridized carbons (Fsp3) is 0.400. The van der Waals surface area contributed by atoms with Gasteiger partial charge in [0.05, 0.1) is 49.9 Å². The van der Waals surface area contributed by atoms with Crippen LogP contribution in [0.2, 0.25) is 0 Å². The Morgan fingerprint density at radius 3 is 2.61 bits per heavy atom. The highest BCUT2D eigenvalue weighted by Gasteiger charge is 2.38. The van der Waals surface area contributed by atoms with Gasteiger partial charge in [-0.2, -0.15) is 5.10 Å². The fourth-order valence-electron chi connectivity index (χ4n) is 5.14. The van der Waals surface area contributed by atoms with Gasteiger partial charge in [0, 0.05) is 32.3 Å². The number of cyclic esters (lactones) is 1. The van der Waals surface area contributed by atoms with Gasteiger partial charge in [0.15, 0.2) is 0 Å². The third-order valence-electron chi connectivity index (χ3n) is 7.20. The minimum absolute atomic E-state index is 0.00736. The van der Waals surface area contributed by atoms with Crippen LogP contribution in [-0.4, -0.2) is 64.9 Å². The van der Waals surface area contributed by atoms with E-state index in [1.807, 2.05) is 24.2 Å². The number of aromatic nitrogens is 2. The van der Waals surface area contributed by atoms with Crippen LogP contribution in [0, 0.1) is 5.82 Å². The Kier molecular flexibility index (Phi) is 10.1. The average molecular weight is 660 g/mol. The van der Waals surface area contributed by atoms with Gasteiger partial charge in [-0.25, -0.2) is 28.0 Å². The Balaban J connectivity index is 1.17. The highest BCUT2D eigenvalue weighted by Crippen LogP contribution is 2.51. The van der Waals surface area contributed by atoms with Crippen LogP contribution < -0.4 is 9.80 Å². The second-order valence-electron chi connectivity index (χ2n) is 10.7. The molecule has 0 radical (unpaired) electrons. The first-order valence-corrected chi connectivity index (χ1v) is 16.0. The summed E-state index contributed by atoms with van der Waals surface area (Å²) in [7, 11) is -2.32. The fourth-order valence-corrected chi connectivity index (χ4v) is 6.36. The Hall–Kier alpha value is -4.30. The van der Waals surface area contributed by atoms with Crippen LogP contribution in [0.5, 0.6) is 0 Å². The zero-order valence-corrected chi connectivity index (χ0v) is 26.7. The number of nitrogens with zero attached hydrogens (tertiary/aromatic N) is 5. The lowest BCUT2D eigenvalue weighted by Gasteiger charge is -2.25. The van der Waals surface area contributed by atoms with Gasteiger partial charge in [-0.1, -0.05) is 30.3 Å². The zero-order valence-electron chi connectivity index (χ0n) is 25.8. The Bertz CT molecular complexity index is 1610. The number of phosphoric ester groups is 1. The molecule has 46 heavy (non-hydrogen) atoms.